The molecule has 0 atom stereocenters. The van der Waals surface area contributed by atoms with Gasteiger partial charge in [0, 0.05) is 0 Å². The van der Waals surface area contributed by atoms with Crippen molar-refractivity contribution < 1.29 is 9.84 Å². The molecule has 0 aliphatic heterocycles. The van der Waals surface area contributed by atoms with E-state index in [0.717, 1.165) is 5.57 Å². The molecule has 2 heteroatoms. The predicted octanol–water partition coefficient (Wildman–Crippen LogP) is 5.13. The molecule has 0 saturated heterocycles. The molecule has 0 saturated carbocycles. The zero-order valence-corrected chi connectivity index (χ0v) is 12.0. The number of allylic oxidation sites excluding steroid dienone is 7. The summed E-state index contributed by atoms with van der Waals surface area (Å²) < 4.78 is 5.31. The molecule has 19 heavy (non-hydrogen) atoms. The van der Waals surface area contributed by atoms with Crippen LogP contribution in [0.2, 0.25) is 0 Å². The van der Waals surface area contributed by atoms with Crippen LogP contribution in [0.4, 0.5) is 0 Å². The van der Waals surface area contributed by atoms with Crippen LogP contribution in [0.3, 0.4) is 0 Å². The van der Waals surface area contributed by atoms with E-state index in [-0.39, 0.29) is 5.76 Å². The Labute approximate surface area is 116 Å². The number of hydrogen-bond acceptors (Lipinski definition) is 2. The summed E-state index contributed by atoms with van der Waals surface area (Å²) in [6.45, 7) is 24.1. The van der Waals surface area contributed by atoms with E-state index in [0.29, 0.717) is 28.2 Å². The molecule has 0 heterocycles. The number of hydrogen-bond donors (Lipinski definition) is 1. The quantitative estimate of drug-likeness (QED) is 0.507. The highest BCUT2D eigenvalue weighted by Gasteiger charge is 2.02. The third-order valence-electron chi connectivity index (χ3n) is 2.39. The van der Waals surface area contributed by atoms with Gasteiger partial charge in [0.2, 0.25) is 0 Å². The van der Waals surface area contributed by atoms with Crippen LogP contribution in [-0.2, 0) is 4.74 Å². The van der Waals surface area contributed by atoms with E-state index in [1.807, 2.05) is 13.0 Å². The van der Waals surface area contributed by atoms with Crippen molar-refractivity contribution in [2.24, 2.45) is 0 Å². The Morgan fingerprint density at radius 2 is 1.26 bits per heavy atom. The van der Waals surface area contributed by atoms with Crippen LogP contribution in [0.5, 0.6) is 0 Å². The first-order valence-electron chi connectivity index (χ1n) is 5.80. The van der Waals surface area contributed by atoms with Gasteiger partial charge in [-0.3, -0.25) is 0 Å². The summed E-state index contributed by atoms with van der Waals surface area (Å²) >= 11 is 0. The molecular formula is C17H22O2. The highest BCUT2D eigenvalue weighted by atomic mass is 16.5. The van der Waals surface area contributed by atoms with Gasteiger partial charge in [-0.05, 0) is 55.2 Å². The molecule has 102 valence electrons. The maximum absolute atomic E-state index is 9.23. The van der Waals surface area contributed by atoms with Crippen LogP contribution >= 0.6 is 0 Å². The minimum absolute atomic E-state index is 0.0182. The third kappa shape index (κ3) is 6.32. The molecule has 1 N–H and O–H groups in total. The van der Waals surface area contributed by atoms with Crippen molar-refractivity contribution in [3.8, 4) is 0 Å². The van der Waals surface area contributed by atoms with Crippen molar-refractivity contribution in [1.82, 2.24) is 0 Å². The van der Waals surface area contributed by atoms with Crippen molar-refractivity contribution in [2.45, 2.75) is 20.8 Å². The van der Waals surface area contributed by atoms with Crippen molar-refractivity contribution >= 4 is 0 Å². The summed E-state index contributed by atoms with van der Waals surface area (Å²) in [5.74, 6) is 1.12. The minimum Gasteiger partial charge on any atom is -0.508 e. The SMILES string of the molecule is C=C(C)OC(=C)/C(C)=C\C(=C)C(=C)/C=C(/C)C(=C)O. The highest BCUT2D eigenvalue weighted by Crippen LogP contribution is 2.19. The van der Waals surface area contributed by atoms with Crippen LogP contribution < -0.4 is 0 Å². The summed E-state index contributed by atoms with van der Waals surface area (Å²) in [6, 6.07) is 0. The van der Waals surface area contributed by atoms with Gasteiger partial charge in [-0.2, -0.15) is 0 Å². The summed E-state index contributed by atoms with van der Waals surface area (Å²) in [5, 5.41) is 9.23. The number of ether oxygens (including phenoxy) is 1. The van der Waals surface area contributed by atoms with Gasteiger partial charge in [-0.25, -0.2) is 0 Å². The maximum Gasteiger partial charge on any atom is 0.122 e. The molecule has 0 amide bonds. The van der Waals surface area contributed by atoms with E-state index in [2.05, 4.69) is 32.9 Å². The van der Waals surface area contributed by atoms with E-state index in [9.17, 15) is 5.11 Å². The number of aliphatic hydroxyl groups excluding tert-OH is 1. The Hall–Kier alpha value is -2.22. The Morgan fingerprint density at radius 1 is 0.842 bits per heavy atom. The first kappa shape index (κ1) is 16.8. The Bertz CT molecular complexity index is 499. The molecule has 0 spiro atoms. The summed E-state index contributed by atoms with van der Waals surface area (Å²) in [4.78, 5) is 0. The standard InChI is InChI=1S/C17H22O2/c1-11(2)19-17(8)15(6)10-13(4)12(3)9-14(5)16(7)18/h9-10,18H,1,3-4,7-8H2,2,5-6H3/b14-9-,15-10-. The zero-order valence-electron chi connectivity index (χ0n) is 12.0. The summed E-state index contributed by atoms with van der Waals surface area (Å²) in [6.07, 6.45) is 3.54. The average molecular weight is 258 g/mol. The molecule has 0 unspecified atom stereocenters. The van der Waals surface area contributed by atoms with Gasteiger partial charge in [-0.1, -0.05) is 32.9 Å². The van der Waals surface area contributed by atoms with Gasteiger partial charge in [0.1, 0.15) is 11.5 Å². The topological polar surface area (TPSA) is 29.5 Å². The Morgan fingerprint density at radius 3 is 1.63 bits per heavy atom. The molecule has 0 bridgehead atoms. The summed E-state index contributed by atoms with van der Waals surface area (Å²) in [5.41, 5.74) is 2.89. The molecule has 0 aromatic rings. The molecule has 0 radical (unpaired) electrons. The van der Waals surface area contributed by atoms with Gasteiger partial charge < -0.3 is 9.84 Å². The van der Waals surface area contributed by atoms with Crippen molar-refractivity contribution in [3.63, 3.8) is 0 Å². The van der Waals surface area contributed by atoms with E-state index in [4.69, 9.17) is 4.74 Å². The largest absolute Gasteiger partial charge is 0.508 e. The van der Waals surface area contributed by atoms with E-state index >= 15 is 0 Å². The first-order valence-corrected chi connectivity index (χ1v) is 5.80. The van der Waals surface area contributed by atoms with Gasteiger partial charge >= 0.3 is 0 Å². The van der Waals surface area contributed by atoms with Crippen molar-refractivity contribution in [2.75, 3.05) is 0 Å². The maximum atomic E-state index is 9.23. The monoisotopic (exact) mass is 258 g/mol. The fraction of sp³-hybridized carbons (Fsp3) is 0.176. The lowest BCUT2D eigenvalue weighted by atomic mass is 10.0. The smallest absolute Gasteiger partial charge is 0.122 e. The molecule has 0 aromatic carbocycles. The molecular weight excluding hydrogens is 236 g/mol. The van der Waals surface area contributed by atoms with Crippen molar-refractivity contribution in [1.29, 1.82) is 0 Å². The van der Waals surface area contributed by atoms with Crippen LogP contribution in [0.1, 0.15) is 20.8 Å². The second-order valence-electron chi connectivity index (χ2n) is 4.38. The first-order chi connectivity index (χ1) is 8.65. The fourth-order valence-electron chi connectivity index (χ4n) is 1.16. The number of aliphatic hydroxyl groups is 1. The van der Waals surface area contributed by atoms with Crippen LogP contribution in [-0.4, -0.2) is 5.11 Å². The minimum atomic E-state index is 0.0182. The average Bonchev–Trinajstić information content (AvgIpc) is 2.27. The fourth-order valence-corrected chi connectivity index (χ4v) is 1.16. The van der Waals surface area contributed by atoms with Crippen LogP contribution in [0.25, 0.3) is 0 Å². The highest BCUT2D eigenvalue weighted by molar-refractivity contribution is 5.48. The van der Waals surface area contributed by atoms with Gasteiger partial charge in [0.05, 0.1) is 5.76 Å². The van der Waals surface area contributed by atoms with Crippen molar-refractivity contribution in [3.05, 3.63) is 84.6 Å². The van der Waals surface area contributed by atoms with E-state index in [1.165, 1.54) is 0 Å². The second kappa shape index (κ2) is 7.27. The molecule has 0 rings (SSSR count). The van der Waals surface area contributed by atoms with Gasteiger partial charge in [-0.15, -0.1) is 0 Å². The molecule has 0 aromatic heterocycles. The van der Waals surface area contributed by atoms with Crippen LogP contribution in [0.15, 0.2) is 84.6 Å². The van der Waals surface area contributed by atoms with Gasteiger partial charge in [0.25, 0.3) is 0 Å². The molecule has 2 nitrogen and oxygen atoms in total. The van der Waals surface area contributed by atoms with Gasteiger partial charge in [0.15, 0.2) is 0 Å². The molecule has 0 aliphatic carbocycles. The summed E-state index contributed by atoms with van der Waals surface area (Å²) in [7, 11) is 0. The second-order valence-corrected chi connectivity index (χ2v) is 4.38. The molecule has 0 aliphatic rings. The number of rotatable bonds is 7. The van der Waals surface area contributed by atoms with E-state index < -0.39 is 0 Å². The third-order valence-corrected chi connectivity index (χ3v) is 2.39. The lowest BCUT2D eigenvalue weighted by Gasteiger charge is -2.09. The lowest BCUT2D eigenvalue weighted by Crippen LogP contribution is -1.91. The normalized spacial score (nSPS) is 11.7. The van der Waals surface area contributed by atoms with E-state index in [1.54, 1.807) is 19.9 Å². The lowest BCUT2D eigenvalue weighted by molar-refractivity contribution is 0.320. The zero-order chi connectivity index (χ0) is 15.2. The van der Waals surface area contributed by atoms with Crippen LogP contribution in [0, 0.1) is 0 Å². The Kier molecular flexibility index (Phi) is 6.42. The molecule has 0 fully saturated rings. The Balaban J connectivity index is 4.90. The predicted molar refractivity (Wildman–Crippen MR) is 82.6 cm³/mol.